The molecule has 1 saturated carbocycles. The number of benzene rings is 1. The van der Waals surface area contributed by atoms with E-state index in [1.54, 1.807) is 24.0 Å². The molecule has 1 aromatic carbocycles. The molecule has 2 aromatic rings. The first-order valence-corrected chi connectivity index (χ1v) is 12.4. The first-order chi connectivity index (χ1) is 17.0. The molecule has 2 fully saturated rings. The molecule has 1 aromatic heterocycles. The van der Waals surface area contributed by atoms with Gasteiger partial charge in [0.1, 0.15) is 11.5 Å². The summed E-state index contributed by atoms with van der Waals surface area (Å²) >= 11 is 0. The van der Waals surface area contributed by atoms with Crippen molar-refractivity contribution in [2.75, 3.05) is 40.5 Å². The number of aryl methyl sites for hydroxylation is 1. The maximum Gasteiger partial charge on any atom is 0.242 e. The van der Waals surface area contributed by atoms with Crippen LogP contribution in [0.4, 0.5) is 0 Å². The van der Waals surface area contributed by atoms with Crippen molar-refractivity contribution in [3.63, 3.8) is 0 Å². The van der Waals surface area contributed by atoms with E-state index >= 15 is 0 Å². The van der Waals surface area contributed by atoms with Crippen LogP contribution in [0.5, 0.6) is 11.5 Å². The molecule has 0 spiro atoms. The molecule has 0 unspecified atom stereocenters. The number of rotatable bonds is 12. The second kappa shape index (κ2) is 11.6. The lowest BCUT2D eigenvalue weighted by Gasteiger charge is -2.29. The fourth-order valence-electron chi connectivity index (χ4n) is 4.47. The van der Waals surface area contributed by atoms with Gasteiger partial charge in [0, 0.05) is 25.6 Å². The Hall–Kier alpha value is -3.00. The van der Waals surface area contributed by atoms with E-state index in [2.05, 4.69) is 0 Å². The molecular weight excluding hydrogens is 448 g/mol. The van der Waals surface area contributed by atoms with Crippen LogP contribution in [0.1, 0.15) is 42.8 Å². The molecule has 190 valence electrons. The molecule has 8 heteroatoms. The highest BCUT2D eigenvalue weighted by molar-refractivity contribution is 5.87. The Labute approximate surface area is 207 Å². The predicted octanol–water partition coefficient (Wildman–Crippen LogP) is 3.59. The Bertz CT molecular complexity index is 1010. The van der Waals surface area contributed by atoms with Gasteiger partial charge in [-0.25, -0.2) is 0 Å². The number of ether oxygens (including phenoxy) is 3. The molecule has 2 aliphatic rings. The predicted molar refractivity (Wildman–Crippen MR) is 130 cm³/mol. The number of carbonyl (C=O) groups is 2. The molecule has 1 saturated heterocycles. The smallest absolute Gasteiger partial charge is 0.242 e. The SMILES string of the molecule is COc1ccc(CCN(Cc2ccc(C)o2)C(=O)CN(C[C@H]2CCCO2)C(=O)C2CC2)cc1OC. The van der Waals surface area contributed by atoms with Crippen LogP contribution in [0, 0.1) is 12.8 Å². The van der Waals surface area contributed by atoms with Crippen molar-refractivity contribution >= 4 is 11.8 Å². The van der Waals surface area contributed by atoms with Crippen molar-refractivity contribution in [3.05, 3.63) is 47.4 Å². The van der Waals surface area contributed by atoms with E-state index in [1.165, 1.54) is 0 Å². The number of nitrogens with zero attached hydrogens (tertiary/aromatic N) is 2. The van der Waals surface area contributed by atoms with Crippen LogP contribution in [-0.4, -0.2) is 68.2 Å². The minimum absolute atomic E-state index is 0.0124. The number of carbonyl (C=O) groups excluding carboxylic acids is 2. The first kappa shape index (κ1) is 25.1. The molecule has 2 amide bonds. The number of furan rings is 1. The zero-order valence-corrected chi connectivity index (χ0v) is 21.0. The van der Waals surface area contributed by atoms with Crippen LogP contribution in [0.2, 0.25) is 0 Å². The first-order valence-electron chi connectivity index (χ1n) is 12.4. The number of hydrogen-bond donors (Lipinski definition) is 0. The van der Waals surface area contributed by atoms with E-state index in [1.807, 2.05) is 37.3 Å². The average Bonchev–Trinajstić information content (AvgIpc) is 3.44. The summed E-state index contributed by atoms with van der Waals surface area (Å²) in [5, 5.41) is 0. The summed E-state index contributed by atoms with van der Waals surface area (Å²) < 4.78 is 22.3. The van der Waals surface area contributed by atoms with E-state index in [0.29, 0.717) is 37.6 Å². The van der Waals surface area contributed by atoms with Crippen molar-refractivity contribution in [2.24, 2.45) is 5.92 Å². The molecule has 1 aliphatic heterocycles. The Morgan fingerprint density at radius 3 is 2.46 bits per heavy atom. The molecule has 0 radical (unpaired) electrons. The van der Waals surface area contributed by atoms with Crippen molar-refractivity contribution in [1.82, 2.24) is 9.80 Å². The molecule has 4 rings (SSSR count). The molecule has 2 heterocycles. The van der Waals surface area contributed by atoms with Gasteiger partial charge in [0.15, 0.2) is 11.5 Å². The highest BCUT2D eigenvalue weighted by Gasteiger charge is 2.36. The third-order valence-corrected chi connectivity index (χ3v) is 6.63. The topological polar surface area (TPSA) is 81.5 Å². The summed E-state index contributed by atoms with van der Waals surface area (Å²) in [6, 6.07) is 9.56. The second-order valence-corrected chi connectivity index (χ2v) is 9.40. The van der Waals surface area contributed by atoms with E-state index in [0.717, 1.165) is 49.4 Å². The summed E-state index contributed by atoms with van der Waals surface area (Å²) in [5.74, 6) is 2.88. The number of amides is 2. The lowest BCUT2D eigenvalue weighted by molar-refractivity contribution is -0.143. The Kier molecular flexibility index (Phi) is 8.33. The van der Waals surface area contributed by atoms with Gasteiger partial charge in [-0.3, -0.25) is 9.59 Å². The Morgan fingerprint density at radius 2 is 1.83 bits per heavy atom. The van der Waals surface area contributed by atoms with Gasteiger partial charge in [-0.2, -0.15) is 0 Å². The van der Waals surface area contributed by atoms with Crippen LogP contribution >= 0.6 is 0 Å². The number of hydrogen-bond acceptors (Lipinski definition) is 6. The standard InChI is InChI=1S/C27H36N2O6/c1-19-6-10-23(35-19)17-28(13-12-20-7-11-24(32-2)25(15-20)33-3)26(30)18-29(27(31)21-8-9-21)16-22-5-4-14-34-22/h6-7,10-11,15,21-22H,4-5,8-9,12-14,16-18H2,1-3H3/t22-/m1/s1. The van der Waals surface area contributed by atoms with Gasteiger partial charge in [0.05, 0.1) is 33.4 Å². The van der Waals surface area contributed by atoms with E-state index in [9.17, 15) is 9.59 Å². The van der Waals surface area contributed by atoms with E-state index in [4.69, 9.17) is 18.6 Å². The highest BCUT2D eigenvalue weighted by Crippen LogP contribution is 2.32. The summed E-state index contributed by atoms with van der Waals surface area (Å²) in [6.45, 7) is 3.98. The second-order valence-electron chi connectivity index (χ2n) is 9.40. The van der Waals surface area contributed by atoms with Crippen LogP contribution in [0.15, 0.2) is 34.7 Å². The Balaban J connectivity index is 1.47. The quantitative estimate of drug-likeness (QED) is 0.458. The van der Waals surface area contributed by atoms with Gasteiger partial charge in [-0.1, -0.05) is 6.07 Å². The average molecular weight is 485 g/mol. The van der Waals surface area contributed by atoms with Crippen molar-refractivity contribution in [2.45, 2.75) is 51.7 Å². The van der Waals surface area contributed by atoms with Gasteiger partial charge in [0.25, 0.3) is 0 Å². The minimum atomic E-state index is -0.0912. The van der Waals surface area contributed by atoms with Crippen LogP contribution in [0.25, 0.3) is 0 Å². The maximum absolute atomic E-state index is 13.5. The summed E-state index contributed by atoms with van der Waals surface area (Å²) in [6.07, 6.45) is 4.39. The summed E-state index contributed by atoms with van der Waals surface area (Å²) in [5.41, 5.74) is 1.03. The monoisotopic (exact) mass is 484 g/mol. The fourth-order valence-corrected chi connectivity index (χ4v) is 4.47. The lowest BCUT2D eigenvalue weighted by Crippen LogP contribution is -2.46. The van der Waals surface area contributed by atoms with Crippen LogP contribution in [0.3, 0.4) is 0 Å². The fraction of sp³-hybridized carbons (Fsp3) is 0.556. The number of methoxy groups -OCH3 is 2. The van der Waals surface area contributed by atoms with Gasteiger partial charge in [0.2, 0.25) is 11.8 Å². The zero-order valence-electron chi connectivity index (χ0n) is 21.0. The van der Waals surface area contributed by atoms with Gasteiger partial charge in [-0.15, -0.1) is 0 Å². The molecular formula is C27H36N2O6. The highest BCUT2D eigenvalue weighted by atomic mass is 16.5. The molecule has 8 nitrogen and oxygen atoms in total. The van der Waals surface area contributed by atoms with Gasteiger partial charge >= 0.3 is 0 Å². The summed E-state index contributed by atoms with van der Waals surface area (Å²) in [4.78, 5) is 30.0. The maximum atomic E-state index is 13.5. The molecule has 1 aliphatic carbocycles. The minimum Gasteiger partial charge on any atom is -0.493 e. The molecule has 0 bridgehead atoms. The van der Waals surface area contributed by atoms with Gasteiger partial charge in [-0.05, 0) is 68.9 Å². The van der Waals surface area contributed by atoms with Crippen molar-refractivity contribution < 1.29 is 28.2 Å². The van der Waals surface area contributed by atoms with Gasteiger partial charge < -0.3 is 28.4 Å². The zero-order chi connectivity index (χ0) is 24.8. The lowest BCUT2D eigenvalue weighted by atomic mass is 10.1. The van der Waals surface area contributed by atoms with Crippen LogP contribution in [-0.2, 0) is 27.3 Å². The van der Waals surface area contributed by atoms with E-state index in [-0.39, 0.29) is 30.4 Å². The van der Waals surface area contributed by atoms with E-state index < -0.39 is 0 Å². The normalized spacial score (nSPS) is 17.3. The third-order valence-electron chi connectivity index (χ3n) is 6.63. The molecule has 1 atom stereocenters. The van der Waals surface area contributed by atoms with Crippen molar-refractivity contribution in [1.29, 1.82) is 0 Å². The third kappa shape index (κ3) is 6.78. The van der Waals surface area contributed by atoms with Crippen molar-refractivity contribution in [3.8, 4) is 11.5 Å². The summed E-state index contributed by atoms with van der Waals surface area (Å²) in [7, 11) is 3.21. The molecule has 0 N–H and O–H groups in total. The largest absolute Gasteiger partial charge is 0.493 e. The molecule has 35 heavy (non-hydrogen) atoms. The Morgan fingerprint density at radius 1 is 1.03 bits per heavy atom. The van der Waals surface area contributed by atoms with Crippen LogP contribution < -0.4 is 9.47 Å².